The van der Waals surface area contributed by atoms with Crippen molar-refractivity contribution in [3.05, 3.63) is 69.8 Å². The van der Waals surface area contributed by atoms with E-state index >= 15 is 0 Å². The number of rotatable bonds is 6. The highest BCUT2D eigenvalue weighted by molar-refractivity contribution is 14.1. The van der Waals surface area contributed by atoms with Crippen LogP contribution < -0.4 is 10.1 Å². The van der Waals surface area contributed by atoms with Gasteiger partial charge in [-0.2, -0.15) is 0 Å². The second kappa shape index (κ2) is 6.99. The normalized spacial score (nSPS) is 16.1. The third-order valence-corrected chi connectivity index (χ3v) is 5.26. The molecule has 3 aromatic carbocycles. The van der Waals surface area contributed by atoms with Crippen LogP contribution in [0.2, 0.25) is 0 Å². The van der Waals surface area contributed by atoms with Crippen molar-refractivity contribution in [2.45, 2.75) is 12.7 Å². The maximum Gasteiger partial charge on any atom is 0.129 e. The molecule has 1 aliphatic heterocycles. The van der Waals surface area contributed by atoms with Gasteiger partial charge in [-0.05, 0) is 28.2 Å². The van der Waals surface area contributed by atoms with E-state index in [-0.39, 0.29) is 0 Å². The first-order valence-corrected chi connectivity index (χ1v) is 9.12. The maximum absolute atomic E-state index is 6.15. The summed E-state index contributed by atoms with van der Waals surface area (Å²) < 4.78 is 12.7. The molecule has 0 amide bonds. The summed E-state index contributed by atoms with van der Waals surface area (Å²) in [7, 11) is 0. The summed E-state index contributed by atoms with van der Waals surface area (Å²) in [5.74, 6) is 0.911. The molecular formula is C20H18INO2. The Morgan fingerprint density at radius 3 is 2.50 bits per heavy atom. The van der Waals surface area contributed by atoms with Crippen LogP contribution in [0.25, 0.3) is 10.8 Å². The number of epoxide rings is 1. The van der Waals surface area contributed by atoms with Gasteiger partial charge in [0, 0.05) is 27.0 Å². The summed E-state index contributed by atoms with van der Waals surface area (Å²) in [5.41, 5.74) is 2.27. The quantitative estimate of drug-likeness (QED) is 0.448. The minimum atomic E-state index is 0.348. The third kappa shape index (κ3) is 3.49. The molecule has 3 aromatic rings. The molecule has 0 spiro atoms. The van der Waals surface area contributed by atoms with Crippen LogP contribution in [0, 0.1) is 3.57 Å². The van der Waals surface area contributed by atoms with Crippen molar-refractivity contribution in [3.8, 4) is 5.75 Å². The molecule has 122 valence electrons. The first-order chi connectivity index (χ1) is 11.8. The van der Waals surface area contributed by atoms with E-state index in [9.17, 15) is 0 Å². The van der Waals surface area contributed by atoms with Crippen molar-refractivity contribution in [1.29, 1.82) is 0 Å². The Bertz CT molecular complexity index is 847. The molecule has 1 aliphatic rings. The Morgan fingerprint density at radius 2 is 1.75 bits per heavy atom. The highest BCUT2D eigenvalue weighted by Crippen LogP contribution is 2.36. The van der Waals surface area contributed by atoms with Gasteiger partial charge in [-0.3, -0.25) is 0 Å². The Hall–Kier alpha value is -1.79. The van der Waals surface area contributed by atoms with E-state index in [2.05, 4.69) is 70.4 Å². The van der Waals surface area contributed by atoms with E-state index in [1.807, 2.05) is 18.2 Å². The van der Waals surface area contributed by atoms with E-state index in [1.165, 1.54) is 14.5 Å². The number of halogens is 1. The van der Waals surface area contributed by atoms with Gasteiger partial charge in [-0.25, -0.2) is 0 Å². The van der Waals surface area contributed by atoms with E-state index in [0.717, 1.165) is 30.0 Å². The van der Waals surface area contributed by atoms with Crippen molar-refractivity contribution in [1.82, 2.24) is 0 Å². The summed E-state index contributed by atoms with van der Waals surface area (Å²) in [4.78, 5) is 0. The summed E-state index contributed by atoms with van der Waals surface area (Å²) in [6.45, 7) is 2.26. The lowest BCUT2D eigenvalue weighted by atomic mass is 10.1. The Morgan fingerprint density at radius 1 is 1.04 bits per heavy atom. The second-order valence-corrected chi connectivity index (χ2v) is 6.97. The molecule has 0 radical (unpaired) electrons. The average Bonchev–Trinajstić information content (AvgIpc) is 3.46. The van der Waals surface area contributed by atoms with Gasteiger partial charge in [-0.15, -0.1) is 0 Å². The fourth-order valence-corrected chi connectivity index (χ4v) is 3.52. The molecule has 0 saturated carbocycles. The van der Waals surface area contributed by atoms with Crippen LogP contribution in [0.4, 0.5) is 5.69 Å². The highest BCUT2D eigenvalue weighted by Gasteiger charge is 2.22. The molecule has 4 rings (SSSR count). The fraction of sp³-hybridized carbons (Fsp3) is 0.200. The zero-order chi connectivity index (χ0) is 16.4. The van der Waals surface area contributed by atoms with Crippen LogP contribution in [0.1, 0.15) is 5.56 Å². The van der Waals surface area contributed by atoms with Gasteiger partial charge in [0.2, 0.25) is 0 Å². The number of fused-ring (bicyclic) bond motifs is 1. The molecule has 1 N–H and O–H groups in total. The number of hydrogen-bond acceptors (Lipinski definition) is 3. The third-order valence-electron chi connectivity index (χ3n) is 4.10. The standard InChI is InChI=1S/C20H18INO2/c21-20-17-9-5-4-8-16(17)19(10-18(20)22-11-15-13-23-15)24-12-14-6-2-1-3-7-14/h1-10,15,22H,11-13H2/t15-/m1/s1. The highest BCUT2D eigenvalue weighted by atomic mass is 127. The van der Waals surface area contributed by atoms with Crippen LogP contribution in [0.3, 0.4) is 0 Å². The van der Waals surface area contributed by atoms with E-state index in [4.69, 9.17) is 9.47 Å². The lowest BCUT2D eigenvalue weighted by Crippen LogP contribution is -2.09. The molecule has 1 heterocycles. The Kier molecular flexibility index (Phi) is 4.58. The number of hydrogen-bond donors (Lipinski definition) is 1. The summed E-state index contributed by atoms with van der Waals surface area (Å²) in [6, 6.07) is 20.7. The van der Waals surface area contributed by atoms with Crippen molar-refractivity contribution in [2.75, 3.05) is 18.5 Å². The predicted molar refractivity (Wildman–Crippen MR) is 106 cm³/mol. The van der Waals surface area contributed by atoms with E-state index in [0.29, 0.717) is 12.7 Å². The van der Waals surface area contributed by atoms with Gasteiger partial charge in [0.1, 0.15) is 12.4 Å². The molecule has 0 bridgehead atoms. The predicted octanol–water partition coefficient (Wildman–Crippen LogP) is 4.83. The average molecular weight is 431 g/mol. The molecule has 0 aliphatic carbocycles. The lowest BCUT2D eigenvalue weighted by molar-refractivity contribution is 0.310. The minimum Gasteiger partial charge on any atom is -0.488 e. The van der Waals surface area contributed by atoms with E-state index in [1.54, 1.807) is 0 Å². The second-order valence-electron chi connectivity index (χ2n) is 5.89. The van der Waals surface area contributed by atoms with E-state index < -0.39 is 0 Å². The molecule has 1 fully saturated rings. The van der Waals surface area contributed by atoms with Gasteiger partial charge in [0.05, 0.1) is 18.4 Å². The zero-order valence-corrected chi connectivity index (χ0v) is 15.3. The van der Waals surface area contributed by atoms with Crippen LogP contribution in [0.15, 0.2) is 60.7 Å². The van der Waals surface area contributed by atoms with Crippen LogP contribution >= 0.6 is 22.6 Å². The molecule has 0 unspecified atom stereocenters. The van der Waals surface area contributed by atoms with Gasteiger partial charge >= 0.3 is 0 Å². The zero-order valence-electron chi connectivity index (χ0n) is 13.2. The van der Waals surface area contributed by atoms with Crippen molar-refractivity contribution in [3.63, 3.8) is 0 Å². The number of anilines is 1. The van der Waals surface area contributed by atoms with Crippen LogP contribution in [0.5, 0.6) is 5.75 Å². The molecule has 1 atom stereocenters. The summed E-state index contributed by atoms with van der Waals surface area (Å²) in [6.07, 6.45) is 0.348. The first kappa shape index (κ1) is 15.7. The lowest BCUT2D eigenvalue weighted by Gasteiger charge is -2.15. The largest absolute Gasteiger partial charge is 0.488 e. The Balaban J connectivity index is 1.65. The molecular weight excluding hydrogens is 413 g/mol. The Labute approximate surface area is 155 Å². The molecule has 4 heteroatoms. The van der Waals surface area contributed by atoms with Crippen molar-refractivity contribution in [2.24, 2.45) is 0 Å². The van der Waals surface area contributed by atoms with Gasteiger partial charge in [0.15, 0.2) is 0 Å². The molecule has 3 nitrogen and oxygen atoms in total. The molecule has 24 heavy (non-hydrogen) atoms. The van der Waals surface area contributed by atoms with Gasteiger partial charge in [0.25, 0.3) is 0 Å². The molecule has 0 aromatic heterocycles. The fourth-order valence-electron chi connectivity index (χ4n) is 2.70. The summed E-state index contributed by atoms with van der Waals surface area (Å²) in [5, 5.41) is 5.85. The number of ether oxygens (including phenoxy) is 2. The smallest absolute Gasteiger partial charge is 0.129 e. The number of benzene rings is 3. The summed E-state index contributed by atoms with van der Waals surface area (Å²) >= 11 is 2.40. The maximum atomic E-state index is 6.15. The first-order valence-electron chi connectivity index (χ1n) is 8.05. The SMILES string of the molecule is Ic1c(NC[C@@H]2CO2)cc(OCc2ccccc2)c2ccccc12. The minimum absolute atomic E-state index is 0.348. The number of nitrogens with one attached hydrogen (secondary N) is 1. The molecule has 1 saturated heterocycles. The van der Waals surface area contributed by atoms with Crippen molar-refractivity contribution < 1.29 is 9.47 Å². The monoisotopic (exact) mass is 431 g/mol. The van der Waals surface area contributed by atoms with Gasteiger partial charge < -0.3 is 14.8 Å². The van der Waals surface area contributed by atoms with Crippen LogP contribution in [-0.4, -0.2) is 19.3 Å². The van der Waals surface area contributed by atoms with Gasteiger partial charge in [-0.1, -0.05) is 54.6 Å². The van der Waals surface area contributed by atoms with Crippen molar-refractivity contribution >= 4 is 39.1 Å². The van der Waals surface area contributed by atoms with Crippen LogP contribution in [-0.2, 0) is 11.3 Å². The topological polar surface area (TPSA) is 33.8 Å².